The highest BCUT2D eigenvalue weighted by Gasteiger charge is 2.36. The number of aryl methyl sites for hydroxylation is 1. The van der Waals surface area contributed by atoms with Crippen molar-refractivity contribution >= 4 is 40.6 Å². The number of anilines is 3. The van der Waals surface area contributed by atoms with E-state index in [1.165, 1.54) is 22.5 Å². The first-order valence-corrected chi connectivity index (χ1v) is 22.9. The molecule has 0 spiro atoms. The van der Waals surface area contributed by atoms with Crippen molar-refractivity contribution in [3.63, 3.8) is 0 Å². The molecule has 1 atom stereocenters. The summed E-state index contributed by atoms with van der Waals surface area (Å²) in [7, 11) is 3.42. The van der Waals surface area contributed by atoms with Gasteiger partial charge in [-0.3, -0.25) is 24.4 Å². The lowest BCUT2D eigenvalue weighted by Crippen LogP contribution is -2.42. The molecule has 5 aliphatic rings. The molecule has 5 aromatic rings. The van der Waals surface area contributed by atoms with Crippen molar-refractivity contribution in [1.29, 1.82) is 0 Å². The predicted molar refractivity (Wildman–Crippen MR) is 242 cm³/mol. The number of imidazole rings is 1. The number of nitrogens with zero attached hydrogens (tertiary/aromatic N) is 8. The van der Waals surface area contributed by atoms with Crippen LogP contribution in [0.3, 0.4) is 0 Å². The van der Waals surface area contributed by atoms with Crippen LogP contribution in [-0.2, 0) is 33.8 Å². The number of ether oxygens (including phenoxy) is 2. The van der Waals surface area contributed by atoms with Crippen LogP contribution in [0.2, 0.25) is 0 Å². The smallest absolute Gasteiger partial charge is 0.234 e. The molecular formula is C49H59N9O5. The van der Waals surface area contributed by atoms with Crippen molar-refractivity contribution in [2.75, 3.05) is 69.8 Å². The third kappa shape index (κ3) is 7.70. The van der Waals surface area contributed by atoms with Crippen molar-refractivity contribution in [3.05, 3.63) is 82.9 Å². The van der Waals surface area contributed by atoms with Gasteiger partial charge in [-0.15, -0.1) is 0 Å². The number of amides is 3. The quantitative estimate of drug-likeness (QED) is 0.162. The summed E-state index contributed by atoms with van der Waals surface area (Å²) in [6.45, 7) is 11.1. The maximum atomic E-state index is 12.8. The second kappa shape index (κ2) is 17.0. The Bertz CT molecular complexity index is 2560. The van der Waals surface area contributed by atoms with Crippen molar-refractivity contribution < 1.29 is 23.9 Å². The SMILES string of the molecule is COc1cc2c(cc1-c1cc3nccn3cc1OC)CCCN2c1nn(C2CCN(CC3CCN(c4cccc(C5CCC(=O)NC5=O)c4C)CC3)CC2)c2c1CN(C(C)=O)CC2. The van der Waals surface area contributed by atoms with Gasteiger partial charge < -0.3 is 33.5 Å². The first-order chi connectivity index (χ1) is 30.7. The maximum absolute atomic E-state index is 12.8. The molecule has 330 valence electrons. The Morgan fingerprint density at radius 2 is 1.67 bits per heavy atom. The number of benzene rings is 2. The molecule has 3 aromatic heterocycles. The molecule has 1 N–H and O–H groups in total. The molecule has 0 bridgehead atoms. The van der Waals surface area contributed by atoms with Gasteiger partial charge in [0.25, 0.3) is 0 Å². The number of likely N-dealkylation sites (tertiary alicyclic amines) is 1. The van der Waals surface area contributed by atoms with Crippen LogP contribution in [0.15, 0.2) is 55.0 Å². The van der Waals surface area contributed by atoms with Crippen LogP contribution < -0.4 is 24.6 Å². The lowest BCUT2D eigenvalue weighted by Gasteiger charge is -2.39. The zero-order chi connectivity index (χ0) is 43.4. The Balaban J connectivity index is 0.842. The molecule has 1 unspecified atom stereocenters. The normalized spacial score (nSPS) is 20.2. The van der Waals surface area contributed by atoms with Crippen molar-refractivity contribution in [3.8, 4) is 22.6 Å². The van der Waals surface area contributed by atoms with Crippen LogP contribution in [0.5, 0.6) is 11.5 Å². The van der Waals surface area contributed by atoms with Crippen LogP contribution in [0.4, 0.5) is 17.2 Å². The minimum absolute atomic E-state index is 0.100. The van der Waals surface area contributed by atoms with Gasteiger partial charge in [-0.05, 0) is 92.7 Å². The monoisotopic (exact) mass is 853 g/mol. The van der Waals surface area contributed by atoms with E-state index < -0.39 is 0 Å². The molecule has 3 saturated heterocycles. The van der Waals surface area contributed by atoms with Crippen molar-refractivity contribution in [2.45, 2.75) is 90.1 Å². The zero-order valence-electron chi connectivity index (χ0n) is 37.1. The van der Waals surface area contributed by atoms with Crippen LogP contribution in [0.25, 0.3) is 16.8 Å². The number of hydrogen-bond acceptors (Lipinski definition) is 10. The first-order valence-electron chi connectivity index (χ1n) is 22.9. The molecule has 3 amide bonds. The van der Waals surface area contributed by atoms with E-state index in [4.69, 9.17) is 14.6 Å². The van der Waals surface area contributed by atoms with Gasteiger partial charge in [0.1, 0.15) is 17.1 Å². The lowest BCUT2D eigenvalue weighted by atomic mass is 9.86. The molecule has 3 fully saturated rings. The number of imide groups is 1. The number of carbonyl (C=O) groups is 3. The van der Waals surface area contributed by atoms with Gasteiger partial charge in [0, 0.05) is 118 Å². The van der Waals surface area contributed by atoms with Crippen molar-refractivity contribution in [1.82, 2.24) is 34.3 Å². The highest BCUT2D eigenvalue weighted by Crippen LogP contribution is 2.46. The molecule has 14 nitrogen and oxygen atoms in total. The van der Waals surface area contributed by atoms with E-state index in [0.29, 0.717) is 37.9 Å². The summed E-state index contributed by atoms with van der Waals surface area (Å²) in [4.78, 5) is 51.3. The average Bonchev–Trinajstić information content (AvgIpc) is 3.93. The van der Waals surface area contributed by atoms with E-state index in [0.717, 1.165) is 135 Å². The molecular weight excluding hydrogens is 795 g/mol. The van der Waals surface area contributed by atoms with E-state index in [9.17, 15) is 14.4 Å². The molecule has 10 rings (SSSR count). The van der Waals surface area contributed by atoms with E-state index in [-0.39, 0.29) is 23.6 Å². The molecule has 14 heteroatoms. The molecule has 63 heavy (non-hydrogen) atoms. The first kappa shape index (κ1) is 41.1. The Hall–Kier alpha value is -5.89. The second-order valence-corrected chi connectivity index (χ2v) is 18.2. The molecule has 5 aliphatic heterocycles. The number of hydrogen-bond donors (Lipinski definition) is 1. The van der Waals surface area contributed by atoms with Crippen LogP contribution >= 0.6 is 0 Å². The minimum Gasteiger partial charge on any atom is -0.496 e. The van der Waals surface area contributed by atoms with Gasteiger partial charge in [-0.1, -0.05) is 12.1 Å². The highest BCUT2D eigenvalue weighted by molar-refractivity contribution is 6.01. The number of nitrogens with one attached hydrogen (secondary N) is 1. The number of piperidine rings is 3. The molecule has 2 aromatic carbocycles. The largest absolute Gasteiger partial charge is 0.496 e. The van der Waals surface area contributed by atoms with Crippen LogP contribution in [0, 0.1) is 12.8 Å². The van der Waals surface area contributed by atoms with E-state index >= 15 is 0 Å². The number of aromatic nitrogens is 4. The number of methoxy groups -OCH3 is 2. The lowest BCUT2D eigenvalue weighted by molar-refractivity contribution is -0.134. The summed E-state index contributed by atoms with van der Waals surface area (Å²) in [5.41, 5.74) is 11.0. The van der Waals surface area contributed by atoms with E-state index in [1.54, 1.807) is 27.3 Å². The average molecular weight is 854 g/mol. The Morgan fingerprint density at radius 1 is 0.873 bits per heavy atom. The number of rotatable bonds is 9. The fraction of sp³-hybridized carbons (Fsp3) is 0.490. The molecule has 0 saturated carbocycles. The van der Waals surface area contributed by atoms with Gasteiger partial charge in [-0.2, -0.15) is 5.10 Å². The van der Waals surface area contributed by atoms with Crippen molar-refractivity contribution in [2.24, 2.45) is 5.92 Å². The summed E-state index contributed by atoms with van der Waals surface area (Å²) in [5, 5.41) is 8.06. The van der Waals surface area contributed by atoms with E-state index in [2.05, 4.69) is 73.0 Å². The fourth-order valence-corrected chi connectivity index (χ4v) is 11.2. The predicted octanol–water partition coefficient (Wildman–Crippen LogP) is 6.59. The van der Waals surface area contributed by atoms with Gasteiger partial charge in [0.2, 0.25) is 17.7 Å². The number of fused-ring (bicyclic) bond motifs is 3. The van der Waals surface area contributed by atoms with Gasteiger partial charge in [0.15, 0.2) is 5.82 Å². The summed E-state index contributed by atoms with van der Waals surface area (Å²) in [5.74, 6) is 2.61. The highest BCUT2D eigenvalue weighted by atomic mass is 16.5. The Kier molecular flexibility index (Phi) is 11.1. The Labute approximate surface area is 369 Å². The summed E-state index contributed by atoms with van der Waals surface area (Å²) >= 11 is 0. The van der Waals surface area contributed by atoms with Gasteiger partial charge >= 0.3 is 0 Å². The molecule has 8 heterocycles. The van der Waals surface area contributed by atoms with Crippen LogP contribution in [-0.4, -0.2) is 107 Å². The fourth-order valence-electron chi connectivity index (χ4n) is 11.2. The van der Waals surface area contributed by atoms with Gasteiger partial charge in [-0.25, -0.2) is 4.98 Å². The Morgan fingerprint density at radius 3 is 2.43 bits per heavy atom. The minimum atomic E-state index is -0.266. The van der Waals surface area contributed by atoms with E-state index in [1.807, 2.05) is 21.7 Å². The second-order valence-electron chi connectivity index (χ2n) is 18.2. The maximum Gasteiger partial charge on any atom is 0.234 e. The third-order valence-corrected chi connectivity index (χ3v) is 14.6. The zero-order valence-corrected chi connectivity index (χ0v) is 37.1. The molecule has 0 aliphatic carbocycles. The summed E-state index contributed by atoms with van der Waals surface area (Å²) < 4.78 is 16.3. The number of pyridine rings is 1. The number of carbonyl (C=O) groups excluding carboxylic acids is 3. The van der Waals surface area contributed by atoms with Crippen LogP contribution in [0.1, 0.15) is 91.8 Å². The summed E-state index contributed by atoms with van der Waals surface area (Å²) in [6.07, 6.45) is 13.7. The standard InChI is InChI=1S/C49H59N9O5/c1-31-36(37-10-11-47(60)51-49(37)61)8-5-9-41(31)54-21-12-33(13-22-54)28-53-19-14-35(15-20-53)58-42-16-23-55(32(2)59)29-40(42)48(52-58)57-18-6-7-34-25-38(44(62-3)27-43(34)57)39-26-46-50-17-24-56(46)30-45(39)63-4/h5,8-9,17,24-27,30,33,35,37H,6-7,10-16,18-23,28-29H2,1-4H3,(H,51,60,61). The summed E-state index contributed by atoms with van der Waals surface area (Å²) in [6, 6.07) is 13.1. The van der Waals surface area contributed by atoms with Gasteiger partial charge in [0.05, 0.1) is 38.9 Å². The topological polar surface area (TPSA) is 130 Å². The third-order valence-electron chi connectivity index (χ3n) is 14.6. The molecule has 0 radical (unpaired) electrons.